The van der Waals surface area contributed by atoms with E-state index in [2.05, 4.69) is 18.2 Å². The predicted molar refractivity (Wildman–Crippen MR) is 124 cm³/mol. The van der Waals surface area contributed by atoms with Crippen molar-refractivity contribution in [1.82, 2.24) is 0 Å². The first-order valence-electron chi connectivity index (χ1n) is 12.7. The molecule has 6 nitrogen and oxygen atoms in total. The van der Waals surface area contributed by atoms with Crippen molar-refractivity contribution in [3.05, 3.63) is 47.7 Å². The van der Waals surface area contributed by atoms with Gasteiger partial charge in [0.25, 0.3) is 0 Å². The third-order valence-corrected chi connectivity index (χ3v) is 7.02. The molecule has 3 fully saturated rings. The Morgan fingerprint density at radius 2 is 1.76 bits per heavy atom. The van der Waals surface area contributed by atoms with Gasteiger partial charge in [-0.3, -0.25) is 0 Å². The van der Waals surface area contributed by atoms with Crippen LogP contribution in [-0.2, 0) is 30.2 Å². The first-order chi connectivity index (χ1) is 16.2. The molecular weight excluding hydrogens is 420 g/mol. The summed E-state index contributed by atoms with van der Waals surface area (Å²) in [5.41, 5.74) is 1.27. The zero-order valence-corrected chi connectivity index (χ0v) is 19.5. The smallest absolute Gasteiger partial charge is 0.199 e. The Morgan fingerprint density at radius 3 is 2.42 bits per heavy atom. The quantitative estimate of drug-likeness (QED) is 0.410. The lowest BCUT2D eigenvalue weighted by molar-refractivity contribution is -0.201. The second-order valence-corrected chi connectivity index (χ2v) is 9.41. The van der Waals surface area contributed by atoms with Crippen molar-refractivity contribution in [2.24, 2.45) is 11.8 Å². The van der Waals surface area contributed by atoms with Gasteiger partial charge in [0.2, 0.25) is 0 Å². The van der Waals surface area contributed by atoms with Crippen LogP contribution in [0.2, 0.25) is 0 Å². The van der Waals surface area contributed by atoms with Crippen molar-refractivity contribution in [3.63, 3.8) is 0 Å². The Morgan fingerprint density at radius 1 is 1.03 bits per heavy atom. The van der Waals surface area contributed by atoms with Crippen molar-refractivity contribution >= 4 is 6.29 Å². The molecular formula is C27H38O6. The first-order valence-corrected chi connectivity index (χ1v) is 12.7. The Labute approximate surface area is 197 Å². The molecule has 4 rings (SSSR count). The number of aryl methyl sites for hydroxylation is 1. The number of hydrogen-bond acceptors (Lipinski definition) is 6. The fraction of sp³-hybridized carbons (Fsp3) is 0.667. The number of aliphatic hydroxyl groups is 1. The van der Waals surface area contributed by atoms with Gasteiger partial charge in [-0.05, 0) is 56.6 Å². The summed E-state index contributed by atoms with van der Waals surface area (Å²) in [6.45, 7) is 1.40. The zero-order valence-electron chi connectivity index (χ0n) is 19.5. The minimum atomic E-state index is -0.609. The van der Waals surface area contributed by atoms with Crippen molar-refractivity contribution in [2.75, 3.05) is 13.2 Å². The average Bonchev–Trinajstić information content (AvgIpc) is 3.15. The number of benzene rings is 1. The molecule has 6 atom stereocenters. The maximum absolute atomic E-state index is 11.5. The third-order valence-electron chi connectivity index (χ3n) is 7.02. The molecule has 0 spiro atoms. The highest BCUT2D eigenvalue weighted by atomic mass is 16.7. The molecule has 1 saturated carbocycles. The summed E-state index contributed by atoms with van der Waals surface area (Å²) in [5, 5.41) is 10.9. The monoisotopic (exact) mass is 458 g/mol. The molecule has 3 aliphatic rings. The minimum Gasteiger partial charge on any atom is -0.469 e. The van der Waals surface area contributed by atoms with Crippen LogP contribution in [0.1, 0.15) is 63.4 Å². The van der Waals surface area contributed by atoms with E-state index in [0.29, 0.717) is 19.6 Å². The Bertz CT molecular complexity index is 738. The van der Waals surface area contributed by atoms with Crippen LogP contribution in [0.25, 0.3) is 0 Å². The highest BCUT2D eigenvalue weighted by Crippen LogP contribution is 2.43. The molecule has 2 aliphatic heterocycles. The number of rotatable bonds is 10. The molecule has 1 aromatic carbocycles. The standard InChI is InChI=1S/C27H38O6/c28-16-15-21-22(29)19-24(33-26-14-5-7-18-31-26)27(21)23(32-25-13-4-6-17-30-25)12-8-11-20-9-2-1-3-10-20/h1-3,9-10,12,16,21-22,24-27,29H,4-8,11,13-15,17-19H2/t21-,22-,24+,25?,26?,27-/m0/s1. The van der Waals surface area contributed by atoms with Crippen LogP contribution in [0.3, 0.4) is 0 Å². The van der Waals surface area contributed by atoms with Gasteiger partial charge in [0.1, 0.15) is 12.0 Å². The lowest BCUT2D eigenvalue weighted by atomic mass is 9.88. The summed E-state index contributed by atoms with van der Waals surface area (Å²) in [4.78, 5) is 11.5. The molecule has 0 bridgehead atoms. The number of hydrogen-bond donors (Lipinski definition) is 1. The average molecular weight is 459 g/mol. The van der Waals surface area contributed by atoms with Crippen molar-refractivity contribution < 1.29 is 28.8 Å². The summed E-state index contributed by atoms with van der Waals surface area (Å²) in [7, 11) is 0. The van der Waals surface area contributed by atoms with Gasteiger partial charge < -0.3 is 28.8 Å². The summed E-state index contributed by atoms with van der Waals surface area (Å²) in [5.74, 6) is 0.363. The van der Waals surface area contributed by atoms with E-state index in [1.807, 2.05) is 18.2 Å². The highest BCUT2D eigenvalue weighted by Gasteiger charge is 2.47. The molecule has 6 heteroatoms. The lowest BCUT2D eigenvalue weighted by Crippen LogP contribution is -2.34. The number of carbonyl (C=O) groups is 1. The van der Waals surface area contributed by atoms with Crippen LogP contribution < -0.4 is 0 Å². The summed E-state index contributed by atoms with van der Waals surface area (Å²) >= 11 is 0. The summed E-state index contributed by atoms with van der Waals surface area (Å²) in [6, 6.07) is 10.4. The normalized spacial score (nSPS) is 33.1. The van der Waals surface area contributed by atoms with Crippen molar-refractivity contribution in [3.8, 4) is 0 Å². The molecule has 0 radical (unpaired) electrons. The lowest BCUT2D eigenvalue weighted by Gasteiger charge is -2.33. The molecule has 1 aromatic rings. The van der Waals surface area contributed by atoms with Crippen LogP contribution in [0, 0.1) is 11.8 Å². The summed E-state index contributed by atoms with van der Waals surface area (Å²) < 4.78 is 24.5. The van der Waals surface area contributed by atoms with E-state index in [4.69, 9.17) is 18.9 Å². The van der Waals surface area contributed by atoms with E-state index < -0.39 is 6.10 Å². The maximum atomic E-state index is 11.5. The molecule has 33 heavy (non-hydrogen) atoms. The number of ether oxygens (including phenoxy) is 4. The second kappa shape index (κ2) is 12.7. The predicted octanol–water partition coefficient (Wildman–Crippen LogP) is 4.54. The van der Waals surface area contributed by atoms with Gasteiger partial charge in [-0.15, -0.1) is 0 Å². The Balaban J connectivity index is 1.54. The van der Waals surface area contributed by atoms with Crippen LogP contribution in [0.5, 0.6) is 0 Å². The topological polar surface area (TPSA) is 74.2 Å². The van der Waals surface area contributed by atoms with Crippen molar-refractivity contribution in [1.29, 1.82) is 0 Å². The Hall–Kier alpha value is -1.73. The number of carbonyl (C=O) groups excluding carboxylic acids is 1. The van der Waals surface area contributed by atoms with E-state index >= 15 is 0 Å². The van der Waals surface area contributed by atoms with E-state index in [1.165, 1.54) is 5.56 Å². The van der Waals surface area contributed by atoms with Gasteiger partial charge in [-0.1, -0.05) is 30.3 Å². The van der Waals surface area contributed by atoms with Gasteiger partial charge in [-0.25, -0.2) is 0 Å². The van der Waals surface area contributed by atoms with Crippen LogP contribution in [0.4, 0.5) is 0 Å². The molecule has 1 aliphatic carbocycles. The van der Waals surface area contributed by atoms with Gasteiger partial charge in [-0.2, -0.15) is 0 Å². The molecule has 2 heterocycles. The second-order valence-electron chi connectivity index (χ2n) is 9.41. The number of aldehydes is 1. The van der Waals surface area contributed by atoms with E-state index in [9.17, 15) is 9.90 Å². The largest absolute Gasteiger partial charge is 0.469 e. The molecule has 2 unspecified atom stereocenters. The first kappa shape index (κ1) is 24.4. The molecule has 182 valence electrons. The molecule has 1 N–H and O–H groups in total. The van der Waals surface area contributed by atoms with E-state index in [-0.39, 0.29) is 36.9 Å². The minimum absolute atomic E-state index is 0.197. The van der Waals surface area contributed by atoms with Crippen LogP contribution in [-0.4, -0.2) is 49.4 Å². The number of allylic oxidation sites excluding steroid dienone is 1. The fourth-order valence-electron chi connectivity index (χ4n) is 5.28. The van der Waals surface area contributed by atoms with Crippen LogP contribution >= 0.6 is 0 Å². The Kier molecular flexibility index (Phi) is 9.36. The third kappa shape index (κ3) is 6.89. The zero-order chi connectivity index (χ0) is 22.9. The molecule has 0 aromatic heterocycles. The molecule has 2 saturated heterocycles. The van der Waals surface area contributed by atoms with Gasteiger partial charge in [0, 0.05) is 37.7 Å². The maximum Gasteiger partial charge on any atom is 0.199 e. The SMILES string of the molecule is O=CC[C@@H]1[C@@H](C(=CCCc2ccccc2)OC2CCCCO2)[C@H](OC2CCCCO2)C[C@@H]1O. The summed E-state index contributed by atoms with van der Waals surface area (Å²) in [6.07, 6.45) is 10.0. The highest BCUT2D eigenvalue weighted by molar-refractivity contribution is 5.50. The molecule has 0 amide bonds. The van der Waals surface area contributed by atoms with E-state index in [1.54, 1.807) is 0 Å². The fourth-order valence-corrected chi connectivity index (χ4v) is 5.28. The van der Waals surface area contributed by atoms with E-state index in [0.717, 1.165) is 63.4 Å². The van der Waals surface area contributed by atoms with Gasteiger partial charge >= 0.3 is 0 Å². The van der Waals surface area contributed by atoms with Gasteiger partial charge in [0.05, 0.1) is 18.8 Å². The number of aliphatic hydroxyl groups excluding tert-OH is 1. The van der Waals surface area contributed by atoms with Gasteiger partial charge in [0.15, 0.2) is 12.6 Å². The van der Waals surface area contributed by atoms with Crippen LogP contribution in [0.15, 0.2) is 42.2 Å². The van der Waals surface area contributed by atoms with Crippen molar-refractivity contribution in [2.45, 2.75) is 89.0 Å².